The summed E-state index contributed by atoms with van der Waals surface area (Å²) in [6, 6.07) is 14.9. The molecule has 0 fully saturated rings. The summed E-state index contributed by atoms with van der Waals surface area (Å²) in [6.07, 6.45) is 1.37. The lowest BCUT2D eigenvalue weighted by atomic mass is 10.1. The summed E-state index contributed by atoms with van der Waals surface area (Å²) < 4.78 is 47.5. The van der Waals surface area contributed by atoms with Gasteiger partial charge in [0.25, 0.3) is 0 Å². The zero-order valence-corrected chi connectivity index (χ0v) is 15.7. The maximum Gasteiger partial charge on any atom is 0.391 e. The van der Waals surface area contributed by atoms with Crippen LogP contribution in [0.25, 0.3) is 17.1 Å². The van der Waals surface area contributed by atoms with Crippen molar-refractivity contribution in [3.05, 3.63) is 95.9 Å². The Hall–Kier alpha value is -4.38. The number of rotatable bonds is 3. The number of carbonyl (C=O) groups is 1. The highest BCUT2D eigenvalue weighted by atomic mass is 19.1. The first-order valence-electron chi connectivity index (χ1n) is 8.96. The maximum absolute atomic E-state index is 14.3. The Labute approximate surface area is 174 Å². The highest BCUT2D eigenvalue weighted by Crippen LogP contribution is 2.27. The third kappa shape index (κ3) is 4.62. The molecule has 0 saturated heterocycles. The summed E-state index contributed by atoms with van der Waals surface area (Å²) in [5.41, 5.74) is 0.905. The van der Waals surface area contributed by atoms with Crippen molar-refractivity contribution in [3.63, 3.8) is 0 Å². The normalized spacial score (nSPS) is 10.3. The molecule has 0 unspecified atom stereocenters. The molecule has 0 aliphatic heterocycles. The van der Waals surface area contributed by atoms with Gasteiger partial charge in [0.1, 0.15) is 11.6 Å². The molecule has 0 N–H and O–H groups in total. The Balaban J connectivity index is 1.69. The summed E-state index contributed by atoms with van der Waals surface area (Å²) in [5.74, 6) is 1.73. The van der Waals surface area contributed by atoms with E-state index in [0.29, 0.717) is 11.1 Å². The standard InChI is InChI=1S/C23H12F3N3O2/c24-17-6-1-4-15(12-17)9-10-22(30)31-21-14-20(16-5-2-7-18(25)13-16)29(28-21)23-19(26)8-3-11-27-23/h1-8,11-14H. The largest absolute Gasteiger partial charge is 0.396 e. The highest BCUT2D eigenvalue weighted by molar-refractivity contribution is 5.90. The van der Waals surface area contributed by atoms with E-state index in [1.54, 1.807) is 6.07 Å². The molecule has 0 aliphatic rings. The van der Waals surface area contributed by atoms with Crippen LogP contribution in [0.2, 0.25) is 0 Å². The van der Waals surface area contributed by atoms with Gasteiger partial charge in [-0.25, -0.2) is 27.6 Å². The second-order valence-electron chi connectivity index (χ2n) is 6.25. The molecule has 0 bridgehead atoms. The van der Waals surface area contributed by atoms with Gasteiger partial charge in [-0.1, -0.05) is 24.1 Å². The smallest absolute Gasteiger partial charge is 0.391 e. The Kier molecular flexibility index (Phi) is 5.49. The van der Waals surface area contributed by atoms with E-state index in [1.807, 2.05) is 0 Å². The molecule has 0 radical (unpaired) electrons. The van der Waals surface area contributed by atoms with Crippen LogP contribution in [0.4, 0.5) is 13.2 Å². The van der Waals surface area contributed by atoms with Gasteiger partial charge < -0.3 is 4.74 Å². The zero-order valence-electron chi connectivity index (χ0n) is 15.7. The molecule has 152 valence electrons. The quantitative estimate of drug-likeness (QED) is 0.367. The molecule has 8 heteroatoms. The summed E-state index contributed by atoms with van der Waals surface area (Å²) in [6.45, 7) is 0. The van der Waals surface area contributed by atoms with E-state index in [0.717, 1.165) is 4.68 Å². The van der Waals surface area contributed by atoms with Crippen molar-refractivity contribution in [2.75, 3.05) is 0 Å². The lowest BCUT2D eigenvalue weighted by molar-refractivity contribution is -0.128. The van der Waals surface area contributed by atoms with E-state index < -0.39 is 23.4 Å². The number of ether oxygens (including phenoxy) is 1. The first-order valence-corrected chi connectivity index (χ1v) is 8.96. The Morgan fingerprint density at radius 1 is 0.935 bits per heavy atom. The van der Waals surface area contributed by atoms with Gasteiger partial charge in [0, 0.05) is 29.3 Å². The number of pyridine rings is 1. The van der Waals surface area contributed by atoms with Crippen LogP contribution in [-0.2, 0) is 4.79 Å². The fourth-order valence-electron chi connectivity index (χ4n) is 2.77. The van der Waals surface area contributed by atoms with Crippen LogP contribution in [-0.4, -0.2) is 20.7 Å². The second-order valence-corrected chi connectivity index (χ2v) is 6.25. The van der Waals surface area contributed by atoms with Crippen molar-refractivity contribution in [2.45, 2.75) is 0 Å². The third-order valence-electron chi connectivity index (χ3n) is 4.08. The fourth-order valence-corrected chi connectivity index (χ4v) is 2.77. The van der Waals surface area contributed by atoms with E-state index >= 15 is 0 Å². The molecular weight excluding hydrogens is 407 g/mol. The number of esters is 1. The number of carbonyl (C=O) groups excluding carboxylic acids is 1. The SMILES string of the molecule is O=C(C#Cc1cccc(F)c1)Oc1cc(-c2cccc(F)c2)n(-c2ncccc2F)n1. The van der Waals surface area contributed by atoms with Gasteiger partial charge in [0.2, 0.25) is 5.88 Å². The minimum Gasteiger partial charge on any atom is -0.396 e. The summed E-state index contributed by atoms with van der Waals surface area (Å²) in [5, 5.41) is 4.08. The van der Waals surface area contributed by atoms with Crippen molar-refractivity contribution < 1.29 is 22.7 Å². The first-order chi connectivity index (χ1) is 15.0. The van der Waals surface area contributed by atoms with Gasteiger partial charge in [0.05, 0.1) is 5.69 Å². The summed E-state index contributed by atoms with van der Waals surface area (Å²) in [7, 11) is 0. The number of benzene rings is 2. The van der Waals surface area contributed by atoms with Crippen molar-refractivity contribution >= 4 is 5.97 Å². The lowest BCUT2D eigenvalue weighted by Gasteiger charge is -2.07. The molecule has 4 rings (SSSR count). The molecule has 2 heterocycles. The predicted molar refractivity (Wildman–Crippen MR) is 106 cm³/mol. The van der Waals surface area contributed by atoms with Crippen molar-refractivity contribution in [2.24, 2.45) is 0 Å². The fraction of sp³-hybridized carbons (Fsp3) is 0. The van der Waals surface area contributed by atoms with E-state index in [-0.39, 0.29) is 17.4 Å². The monoisotopic (exact) mass is 419 g/mol. The van der Waals surface area contributed by atoms with Crippen LogP contribution in [0.15, 0.2) is 72.9 Å². The number of hydrogen-bond donors (Lipinski definition) is 0. The summed E-state index contributed by atoms with van der Waals surface area (Å²) in [4.78, 5) is 16.1. The van der Waals surface area contributed by atoms with Crippen LogP contribution in [0, 0.1) is 29.3 Å². The van der Waals surface area contributed by atoms with E-state index in [1.165, 1.54) is 66.9 Å². The molecule has 0 atom stereocenters. The average Bonchev–Trinajstić information content (AvgIpc) is 3.16. The third-order valence-corrected chi connectivity index (χ3v) is 4.08. The van der Waals surface area contributed by atoms with Crippen molar-refractivity contribution in [1.29, 1.82) is 0 Å². The van der Waals surface area contributed by atoms with Crippen LogP contribution < -0.4 is 4.74 Å². The number of nitrogens with zero attached hydrogens (tertiary/aromatic N) is 3. The minimum absolute atomic E-state index is 0.157. The number of aromatic nitrogens is 3. The topological polar surface area (TPSA) is 57.0 Å². The van der Waals surface area contributed by atoms with Gasteiger partial charge >= 0.3 is 5.97 Å². The van der Waals surface area contributed by atoms with Crippen molar-refractivity contribution in [1.82, 2.24) is 14.8 Å². The molecular formula is C23H12F3N3O2. The van der Waals surface area contributed by atoms with Crippen molar-refractivity contribution in [3.8, 4) is 34.8 Å². The molecule has 2 aromatic carbocycles. The Morgan fingerprint density at radius 2 is 1.71 bits per heavy atom. The number of halogens is 3. The lowest BCUT2D eigenvalue weighted by Crippen LogP contribution is -2.07. The molecule has 0 spiro atoms. The van der Waals surface area contributed by atoms with E-state index in [4.69, 9.17) is 4.74 Å². The first kappa shape index (κ1) is 19.9. The van der Waals surface area contributed by atoms with Gasteiger partial charge in [-0.05, 0) is 42.5 Å². The Morgan fingerprint density at radius 3 is 2.45 bits per heavy atom. The Bertz CT molecular complexity index is 1340. The molecule has 2 aromatic heterocycles. The highest BCUT2D eigenvalue weighted by Gasteiger charge is 2.18. The van der Waals surface area contributed by atoms with Crippen LogP contribution in [0.3, 0.4) is 0 Å². The van der Waals surface area contributed by atoms with E-state index in [2.05, 4.69) is 21.9 Å². The van der Waals surface area contributed by atoms with Gasteiger partial charge in [-0.15, -0.1) is 5.10 Å². The molecule has 31 heavy (non-hydrogen) atoms. The molecule has 4 aromatic rings. The van der Waals surface area contributed by atoms with Crippen LogP contribution in [0.5, 0.6) is 5.88 Å². The summed E-state index contributed by atoms with van der Waals surface area (Å²) >= 11 is 0. The van der Waals surface area contributed by atoms with Gasteiger partial charge in [-0.3, -0.25) is 0 Å². The predicted octanol–water partition coefficient (Wildman–Crippen LogP) is 4.31. The molecule has 5 nitrogen and oxygen atoms in total. The number of hydrogen-bond acceptors (Lipinski definition) is 4. The van der Waals surface area contributed by atoms with Gasteiger partial charge in [-0.2, -0.15) is 0 Å². The average molecular weight is 419 g/mol. The maximum atomic E-state index is 14.3. The molecule has 0 saturated carbocycles. The molecule has 0 aliphatic carbocycles. The zero-order chi connectivity index (χ0) is 21.8. The van der Waals surface area contributed by atoms with E-state index in [9.17, 15) is 18.0 Å². The molecule has 0 amide bonds. The van der Waals surface area contributed by atoms with Crippen LogP contribution in [0.1, 0.15) is 5.56 Å². The minimum atomic E-state index is -0.957. The van der Waals surface area contributed by atoms with Gasteiger partial charge in [0.15, 0.2) is 11.6 Å². The second kappa shape index (κ2) is 8.55. The van der Waals surface area contributed by atoms with Crippen LogP contribution >= 0.6 is 0 Å².